The molecule has 11 heteroatoms. The van der Waals surface area contributed by atoms with Crippen LogP contribution in [0.1, 0.15) is 17.9 Å². The van der Waals surface area contributed by atoms with Crippen molar-refractivity contribution in [2.75, 3.05) is 59.7 Å². The van der Waals surface area contributed by atoms with Crippen molar-refractivity contribution in [3.05, 3.63) is 72.0 Å². The Labute approximate surface area is 223 Å². The predicted molar refractivity (Wildman–Crippen MR) is 139 cm³/mol. The molecule has 2 atom stereocenters. The molecule has 1 N–H and O–H groups in total. The summed E-state index contributed by atoms with van der Waals surface area (Å²) < 4.78 is 49.9. The molecule has 4 rings (SSSR count). The van der Waals surface area contributed by atoms with Gasteiger partial charge in [-0.05, 0) is 35.9 Å². The summed E-state index contributed by atoms with van der Waals surface area (Å²) in [6, 6.07) is 15.8. The van der Waals surface area contributed by atoms with E-state index in [0.29, 0.717) is 38.5 Å². The lowest BCUT2D eigenvalue weighted by Crippen LogP contribution is -2.43. The van der Waals surface area contributed by atoms with Crippen molar-refractivity contribution in [3.63, 3.8) is 0 Å². The number of morpholine rings is 1. The number of carbonyl (C=O) groups is 1. The first-order chi connectivity index (χ1) is 18.4. The topological polar surface area (TPSA) is 115 Å². The van der Waals surface area contributed by atoms with Gasteiger partial charge in [-0.1, -0.05) is 30.3 Å². The fourth-order valence-corrected chi connectivity index (χ4v) is 5.83. The summed E-state index contributed by atoms with van der Waals surface area (Å²) in [6.07, 6.45) is 1.55. The minimum atomic E-state index is -3.87. The number of rotatable bonds is 11. The molecule has 0 unspecified atom stereocenters. The highest BCUT2D eigenvalue weighted by molar-refractivity contribution is 7.89. The second-order valence-electron chi connectivity index (χ2n) is 8.91. The maximum absolute atomic E-state index is 13.2. The summed E-state index contributed by atoms with van der Waals surface area (Å²) in [7, 11) is -2.37. The maximum atomic E-state index is 13.2. The summed E-state index contributed by atoms with van der Waals surface area (Å²) in [5, 5.41) is 9.51. The van der Waals surface area contributed by atoms with Crippen molar-refractivity contribution in [1.29, 1.82) is 0 Å². The number of aliphatic hydroxyl groups excluding tert-OH is 1. The molecule has 2 aliphatic heterocycles. The summed E-state index contributed by atoms with van der Waals surface area (Å²) in [5.74, 6) is 0.437. The number of allylic oxidation sites excluding steroid dienone is 1. The Kier molecular flexibility index (Phi) is 9.75. The summed E-state index contributed by atoms with van der Waals surface area (Å²) in [6.45, 7) is 1.51. The molecular formula is C27H34N2O8S. The first kappa shape index (κ1) is 28.1. The van der Waals surface area contributed by atoms with Crippen LogP contribution in [0.4, 0.5) is 0 Å². The van der Waals surface area contributed by atoms with Crippen molar-refractivity contribution in [2.24, 2.45) is 0 Å². The van der Waals surface area contributed by atoms with Gasteiger partial charge in [0.15, 0.2) is 5.76 Å². The van der Waals surface area contributed by atoms with Gasteiger partial charge in [0.2, 0.25) is 16.3 Å². The standard InChI is InChI=1S/C27H34N2O8S/c1-34-23-7-9-24(10-8-23)38(32,33)29(11-15-30)14-18-36-26-20-22(21-5-3-2-4-6-21)19-25(37-26)27(31)28-12-16-35-17-13-28/h2-10,19,22,26,30H,11-18,20H2,1H3/t22-,26+/m1/s1. The molecule has 0 saturated carbocycles. The molecule has 0 spiro atoms. The van der Waals surface area contributed by atoms with Crippen LogP contribution in [0.3, 0.4) is 0 Å². The number of amides is 1. The molecule has 0 radical (unpaired) electrons. The number of methoxy groups -OCH3 is 1. The van der Waals surface area contributed by atoms with Gasteiger partial charge in [-0.25, -0.2) is 8.42 Å². The molecule has 206 valence electrons. The number of sulfonamides is 1. The SMILES string of the molecule is COc1ccc(S(=O)(=O)N(CCO)CCO[C@@H]2C[C@H](c3ccccc3)C=C(C(=O)N3CCOCC3)O2)cc1. The zero-order valence-corrected chi connectivity index (χ0v) is 22.2. The predicted octanol–water partition coefficient (Wildman–Crippen LogP) is 1.97. The fourth-order valence-electron chi connectivity index (χ4n) is 4.41. The van der Waals surface area contributed by atoms with E-state index in [4.69, 9.17) is 18.9 Å². The van der Waals surface area contributed by atoms with E-state index in [1.54, 1.807) is 17.0 Å². The molecule has 2 aromatic carbocycles. The number of nitrogens with zero attached hydrogens (tertiary/aromatic N) is 2. The highest BCUT2D eigenvalue weighted by Crippen LogP contribution is 2.32. The van der Waals surface area contributed by atoms with Gasteiger partial charge in [0.25, 0.3) is 5.91 Å². The van der Waals surface area contributed by atoms with E-state index >= 15 is 0 Å². The Morgan fingerprint density at radius 3 is 2.45 bits per heavy atom. The minimum Gasteiger partial charge on any atom is -0.497 e. The average Bonchev–Trinajstić information content (AvgIpc) is 2.97. The van der Waals surface area contributed by atoms with Crippen molar-refractivity contribution in [1.82, 2.24) is 9.21 Å². The van der Waals surface area contributed by atoms with Gasteiger partial charge in [-0.3, -0.25) is 4.79 Å². The van der Waals surface area contributed by atoms with E-state index in [0.717, 1.165) is 5.56 Å². The third kappa shape index (κ3) is 6.91. The fraction of sp³-hybridized carbons (Fsp3) is 0.444. The van der Waals surface area contributed by atoms with E-state index in [1.807, 2.05) is 36.4 Å². The van der Waals surface area contributed by atoms with E-state index in [1.165, 1.54) is 23.5 Å². The Morgan fingerprint density at radius 1 is 1.08 bits per heavy atom. The van der Waals surface area contributed by atoms with Crippen molar-refractivity contribution in [2.45, 2.75) is 23.5 Å². The number of hydrogen-bond acceptors (Lipinski definition) is 8. The number of aliphatic hydroxyl groups is 1. The summed E-state index contributed by atoms with van der Waals surface area (Å²) in [4.78, 5) is 15.0. The van der Waals surface area contributed by atoms with Gasteiger partial charge in [0.05, 0.1) is 38.4 Å². The molecule has 38 heavy (non-hydrogen) atoms. The Morgan fingerprint density at radius 2 is 1.79 bits per heavy atom. The van der Waals surface area contributed by atoms with Gasteiger partial charge >= 0.3 is 0 Å². The van der Waals surface area contributed by atoms with E-state index in [2.05, 4.69) is 0 Å². The van der Waals surface area contributed by atoms with Crippen molar-refractivity contribution < 1.29 is 37.3 Å². The molecule has 2 aromatic rings. The highest BCUT2D eigenvalue weighted by atomic mass is 32.2. The quantitative estimate of drug-likeness (QED) is 0.455. The smallest absolute Gasteiger partial charge is 0.288 e. The molecule has 2 aliphatic rings. The van der Waals surface area contributed by atoms with Crippen LogP contribution in [0.2, 0.25) is 0 Å². The van der Waals surface area contributed by atoms with Crippen molar-refractivity contribution >= 4 is 15.9 Å². The molecule has 2 heterocycles. The van der Waals surface area contributed by atoms with Crippen LogP contribution >= 0.6 is 0 Å². The minimum absolute atomic E-state index is 0.00123. The number of hydrogen-bond donors (Lipinski definition) is 1. The van der Waals surface area contributed by atoms with E-state index in [-0.39, 0.29) is 48.8 Å². The van der Waals surface area contributed by atoms with Gasteiger partial charge in [0.1, 0.15) is 5.75 Å². The third-order valence-corrected chi connectivity index (χ3v) is 8.40. The zero-order valence-electron chi connectivity index (χ0n) is 21.4. The Hall–Kier alpha value is -2.96. The lowest BCUT2D eigenvalue weighted by atomic mass is 9.93. The van der Waals surface area contributed by atoms with Gasteiger partial charge in [-0.15, -0.1) is 0 Å². The third-order valence-electron chi connectivity index (χ3n) is 6.49. The highest BCUT2D eigenvalue weighted by Gasteiger charge is 2.32. The molecule has 1 fully saturated rings. The van der Waals surface area contributed by atoms with Crippen molar-refractivity contribution in [3.8, 4) is 5.75 Å². The Bertz CT molecular complexity index is 1180. The van der Waals surface area contributed by atoms with Crippen LogP contribution in [0.5, 0.6) is 5.75 Å². The largest absolute Gasteiger partial charge is 0.497 e. The lowest BCUT2D eigenvalue weighted by Gasteiger charge is -2.33. The lowest BCUT2D eigenvalue weighted by molar-refractivity contribution is -0.155. The molecule has 10 nitrogen and oxygen atoms in total. The Balaban J connectivity index is 1.44. The molecule has 0 bridgehead atoms. The first-order valence-corrected chi connectivity index (χ1v) is 14.0. The normalized spacial score (nSPS) is 20.1. The van der Waals surface area contributed by atoms with Crippen LogP contribution in [0.25, 0.3) is 0 Å². The van der Waals surface area contributed by atoms with Gasteiger partial charge in [0, 0.05) is 38.5 Å². The number of ether oxygens (including phenoxy) is 4. The van der Waals surface area contributed by atoms with Crippen LogP contribution in [-0.2, 0) is 29.0 Å². The number of carbonyl (C=O) groups excluding carboxylic acids is 1. The monoisotopic (exact) mass is 546 g/mol. The van der Waals surface area contributed by atoms with Crippen LogP contribution in [0, 0.1) is 0 Å². The molecule has 0 aliphatic carbocycles. The summed E-state index contributed by atoms with van der Waals surface area (Å²) >= 11 is 0. The molecule has 1 saturated heterocycles. The molecule has 0 aromatic heterocycles. The van der Waals surface area contributed by atoms with Crippen LogP contribution in [0.15, 0.2) is 71.3 Å². The van der Waals surface area contributed by atoms with Gasteiger partial charge < -0.3 is 29.0 Å². The van der Waals surface area contributed by atoms with E-state index in [9.17, 15) is 18.3 Å². The second-order valence-corrected chi connectivity index (χ2v) is 10.8. The maximum Gasteiger partial charge on any atom is 0.288 e. The summed E-state index contributed by atoms with van der Waals surface area (Å²) in [5.41, 5.74) is 1.03. The molecular weight excluding hydrogens is 512 g/mol. The van der Waals surface area contributed by atoms with Crippen LogP contribution < -0.4 is 4.74 Å². The zero-order chi connectivity index (χ0) is 27.0. The van der Waals surface area contributed by atoms with Gasteiger partial charge in [-0.2, -0.15) is 4.31 Å². The number of benzene rings is 2. The average molecular weight is 547 g/mol. The second kappa shape index (κ2) is 13.2. The molecule has 1 amide bonds. The van der Waals surface area contributed by atoms with E-state index < -0.39 is 16.3 Å². The van der Waals surface area contributed by atoms with Crippen LogP contribution in [-0.4, -0.2) is 94.6 Å². The first-order valence-electron chi connectivity index (χ1n) is 12.6.